The lowest BCUT2D eigenvalue weighted by molar-refractivity contribution is 0.171. The summed E-state index contributed by atoms with van der Waals surface area (Å²) in [4.78, 5) is 2.08. The standard InChI is InChI=1S/C11H21N3OS/c1-3-5-10(15)8-9(2)12-13-11(16)14-6-4-7-14/h10,15H,3-8H2,1-2H3,(H,13,16)/b12-9+. The fraction of sp³-hybridized carbons (Fsp3) is 0.818. The average molecular weight is 243 g/mol. The van der Waals surface area contributed by atoms with Crippen molar-refractivity contribution in [3.05, 3.63) is 0 Å². The predicted molar refractivity (Wildman–Crippen MR) is 70.6 cm³/mol. The summed E-state index contributed by atoms with van der Waals surface area (Å²) < 4.78 is 0. The number of hydrazone groups is 1. The minimum Gasteiger partial charge on any atom is -0.393 e. The van der Waals surface area contributed by atoms with Gasteiger partial charge < -0.3 is 10.0 Å². The molecule has 1 rings (SSSR count). The van der Waals surface area contributed by atoms with Crippen molar-refractivity contribution in [1.82, 2.24) is 10.3 Å². The maximum Gasteiger partial charge on any atom is 0.189 e. The Kier molecular flexibility index (Phi) is 5.69. The van der Waals surface area contributed by atoms with Crippen molar-refractivity contribution >= 4 is 23.0 Å². The first-order valence-corrected chi connectivity index (χ1v) is 6.30. The zero-order valence-corrected chi connectivity index (χ0v) is 10.9. The van der Waals surface area contributed by atoms with Crippen molar-refractivity contribution in [2.45, 2.75) is 45.6 Å². The lowest BCUT2D eigenvalue weighted by atomic mass is 10.1. The molecule has 0 aromatic heterocycles. The Bertz CT molecular complexity index is 264. The average Bonchev–Trinajstić information content (AvgIpc) is 2.12. The highest BCUT2D eigenvalue weighted by Gasteiger charge is 2.16. The summed E-state index contributed by atoms with van der Waals surface area (Å²) in [6.45, 7) is 6.02. The van der Waals surface area contributed by atoms with E-state index in [0.29, 0.717) is 11.5 Å². The van der Waals surface area contributed by atoms with E-state index in [1.54, 1.807) is 0 Å². The number of aliphatic hydroxyl groups excluding tert-OH is 1. The van der Waals surface area contributed by atoms with E-state index >= 15 is 0 Å². The van der Waals surface area contributed by atoms with E-state index in [0.717, 1.165) is 31.6 Å². The largest absolute Gasteiger partial charge is 0.393 e. The molecule has 0 radical (unpaired) electrons. The van der Waals surface area contributed by atoms with Gasteiger partial charge in [0.1, 0.15) is 0 Å². The van der Waals surface area contributed by atoms with Gasteiger partial charge in [0, 0.05) is 25.2 Å². The lowest BCUT2D eigenvalue weighted by Gasteiger charge is -2.32. The van der Waals surface area contributed by atoms with Gasteiger partial charge in [-0.3, -0.25) is 5.43 Å². The molecule has 1 saturated heterocycles. The number of likely N-dealkylation sites (tertiary alicyclic amines) is 1. The van der Waals surface area contributed by atoms with Crippen LogP contribution in [0.1, 0.15) is 39.5 Å². The fourth-order valence-corrected chi connectivity index (χ4v) is 1.78. The van der Waals surface area contributed by atoms with Crippen LogP contribution in [0.25, 0.3) is 0 Å². The summed E-state index contributed by atoms with van der Waals surface area (Å²) in [6, 6.07) is 0. The Morgan fingerprint density at radius 3 is 2.75 bits per heavy atom. The molecule has 0 amide bonds. The summed E-state index contributed by atoms with van der Waals surface area (Å²) in [5.74, 6) is 0. The Balaban J connectivity index is 2.24. The number of hydrogen-bond donors (Lipinski definition) is 2. The van der Waals surface area contributed by atoms with Crippen molar-refractivity contribution < 1.29 is 5.11 Å². The molecule has 0 saturated carbocycles. The number of aliphatic hydroxyl groups is 1. The normalized spacial score (nSPS) is 17.9. The van der Waals surface area contributed by atoms with Gasteiger partial charge in [0.2, 0.25) is 0 Å². The van der Waals surface area contributed by atoms with E-state index in [9.17, 15) is 5.11 Å². The first kappa shape index (κ1) is 13.4. The van der Waals surface area contributed by atoms with Gasteiger partial charge in [0.25, 0.3) is 0 Å². The van der Waals surface area contributed by atoms with E-state index in [1.165, 1.54) is 6.42 Å². The summed E-state index contributed by atoms with van der Waals surface area (Å²) in [5.41, 5.74) is 3.76. The number of hydrogen-bond acceptors (Lipinski definition) is 3. The molecule has 5 heteroatoms. The molecule has 1 aliphatic rings. The zero-order valence-electron chi connectivity index (χ0n) is 10.1. The Labute approximate surface area is 103 Å². The van der Waals surface area contributed by atoms with Gasteiger partial charge in [-0.15, -0.1) is 0 Å². The van der Waals surface area contributed by atoms with Gasteiger partial charge >= 0.3 is 0 Å². The number of nitrogens with zero attached hydrogens (tertiary/aromatic N) is 2. The highest BCUT2D eigenvalue weighted by molar-refractivity contribution is 7.80. The van der Waals surface area contributed by atoms with Crippen LogP contribution >= 0.6 is 12.2 Å². The van der Waals surface area contributed by atoms with E-state index in [1.807, 2.05) is 6.92 Å². The molecule has 16 heavy (non-hydrogen) atoms. The molecule has 0 aromatic carbocycles. The molecule has 1 aliphatic heterocycles. The van der Waals surface area contributed by atoms with Gasteiger partial charge in [0.05, 0.1) is 6.10 Å². The molecule has 1 atom stereocenters. The first-order valence-electron chi connectivity index (χ1n) is 5.89. The third kappa shape index (κ3) is 4.45. The molecule has 0 aliphatic carbocycles. The molecule has 92 valence electrons. The van der Waals surface area contributed by atoms with Crippen LogP contribution in [-0.2, 0) is 0 Å². The Morgan fingerprint density at radius 2 is 2.25 bits per heavy atom. The van der Waals surface area contributed by atoms with Crippen molar-refractivity contribution in [3.63, 3.8) is 0 Å². The number of nitrogens with one attached hydrogen (secondary N) is 1. The molecular formula is C11H21N3OS. The van der Waals surface area contributed by atoms with Crippen LogP contribution in [0.2, 0.25) is 0 Å². The smallest absolute Gasteiger partial charge is 0.189 e. The summed E-state index contributed by atoms with van der Waals surface area (Å²) in [7, 11) is 0. The molecule has 1 heterocycles. The quantitative estimate of drug-likeness (QED) is 0.436. The monoisotopic (exact) mass is 243 g/mol. The minimum atomic E-state index is -0.284. The number of thiocarbonyl (C=S) groups is 1. The van der Waals surface area contributed by atoms with Gasteiger partial charge in [-0.25, -0.2) is 0 Å². The van der Waals surface area contributed by atoms with Crippen LogP contribution in [0.5, 0.6) is 0 Å². The molecule has 2 N–H and O–H groups in total. The SMILES string of the molecule is CCCC(O)C/C(C)=N/NC(=S)N1CCC1. The van der Waals surface area contributed by atoms with Gasteiger partial charge in [-0.1, -0.05) is 13.3 Å². The fourth-order valence-electron chi connectivity index (χ4n) is 1.56. The second-order valence-corrected chi connectivity index (χ2v) is 4.64. The van der Waals surface area contributed by atoms with Crippen molar-refractivity contribution in [2.75, 3.05) is 13.1 Å². The third-order valence-electron chi connectivity index (χ3n) is 2.64. The third-order valence-corrected chi connectivity index (χ3v) is 2.99. The Morgan fingerprint density at radius 1 is 1.56 bits per heavy atom. The summed E-state index contributed by atoms with van der Waals surface area (Å²) in [5, 5.41) is 14.5. The van der Waals surface area contributed by atoms with Crippen LogP contribution < -0.4 is 5.43 Å². The zero-order chi connectivity index (χ0) is 12.0. The highest BCUT2D eigenvalue weighted by atomic mass is 32.1. The maximum atomic E-state index is 9.60. The van der Waals surface area contributed by atoms with E-state index in [2.05, 4.69) is 22.4 Å². The van der Waals surface area contributed by atoms with Crippen LogP contribution in [0, 0.1) is 0 Å². The van der Waals surface area contributed by atoms with Crippen molar-refractivity contribution in [2.24, 2.45) is 5.10 Å². The topological polar surface area (TPSA) is 47.9 Å². The van der Waals surface area contributed by atoms with Crippen LogP contribution in [-0.4, -0.2) is 40.0 Å². The minimum absolute atomic E-state index is 0.284. The van der Waals surface area contributed by atoms with E-state index in [-0.39, 0.29) is 6.10 Å². The number of rotatable bonds is 5. The van der Waals surface area contributed by atoms with Crippen LogP contribution in [0.15, 0.2) is 5.10 Å². The molecule has 0 aromatic rings. The lowest BCUT2D eigenvalue weighted by Crippen LogP contribution is -2.46. The van der Waals surface area contributed by atoms with Gasteiger partial charge in [-0.05, 0) is 32.0 Å². The van der Waals surface area contributed by atoms with Crippen molar-refractivity contribution in [1.29, 1.82) is 0 Å². The molecule has 4 nitrogen and oxygen atoms in total. The Hall–Kier alpha value is -0.680. The summed E-state index contributed by atoms with van der Waals surface area (Å²) in [6.07, 6.45) is 3.36. The summed E-state index contributed by atoms with van der Waals surface area (Å²) >= 11 is 5.16. The van der Waals surface area contributed by atoms with E-state index in [4.69, 9.17) is 12.2 Å². The van der Waals surface area contributed by atoms with Crippen LogP contribution in [0.3, 0.4) is 0 Å². The second-order valence-electron chi connectivity index (χ2n) is 4.25. The first-order chi connectivity index (χ1) is 7.63. The molecule has 0 spiro atoms. The van der Waals surface area contributed by atoms with Gasteiger partial charge in [0.15, 0.2) is 5.11 Å². The van der Waals surface area contributed by atoms with Gasteiger partial charge in [-0.2, -0.15) is 5.10 Å². The van der Waals surface area contributed by atoms with Crippen molar-refractivity contribution in [3.8, 4) is 0 Å². The molecule has 1 unspecified atom stereocenters. The highest BCUT2D eigenvalue weighted by Crippen LogP contribution is 2.06. The van der Waals surface area contributed by atoms with Crippen LogP contribution in [0.4, 0.5) is 0 Å². The molecule has 1 fully saturated rings. The van der Waals surface area contributed by atoms with E-state index < -0.39 is 0 Å². The molecular weight excluding hydrogens is 222 g/mol. The molecule has 0 bridgehead atoms. The maximum absolute atomic E-state index is 9.60. The second kappa shape index (κ2) is 6.81. The predicted octanol–water partition coefficient (Wildman–Crippen LogP) is 1.49.